The van der Waals surface area contributed by atoms with Crippen molar-refractivity contribution in [2.45, 2.75) is 6.92 Å². The summed E-state index contributed by atoms with van der Waals surface area (Å²) in [7, 11) is 0. The molecule has 2 aromatic carbocycles. The molecule has 2 rings (SSSR count). The summed E-state index contributed by atoms with van der Waals surface area (Å²) < 4.78 is 0. The van der Waals surface area contributed by atoms with Gasteiger partial charge in [-0.25, -0.2) is 4.79 Å². The molecule has 0 aliphatic rings. The molecule has 0 aliphatic carbocycles. The molecule has 0 atom stereocenters. The molecule has 0 aromatic heterocycles. The molecule has 0 bridgehead atoms. The van der Waals surface area contributed by atoms with E-state index in [9.17, 15) is 14.9 Å². The van der Waals surface area contributed by atoms with Gasteiger partial charge >= 0.3 is 5.97 Å². The molecule has 0 aliphatic heterocycles. The largest absolute Gasteiger partial charge is 0.478 e. The van der Waals surface area contributed by atoms with Gasteiger partial charge in [-0.2, -0.15) is 0 Å². The molecule has 0 heterocycles. The third-order valence-electron chi connectivity index (χ3n) is 2.77. The Balaban J connectivity index is 2.41. The van der Waals surface area contributed by atoms with Gasteiger partial charge in [0.1, 0.15) is 0 Å². The lowest BCUT2D eigenvalue weighted by Crippen LogP contribution is -2.03. The van der Waals surface area contributed by atoms with Gasteiger partial charge in [0.05, 0.1) is 16.2 Å². The molecule has 6 heteroatoms. The Morgan fingerprint density at radius 3 is 2.40 bits per heavy atom. The predicted octanol–water partition coefficient (Wildman–Crippen LogP) is 3.35. The van der Waals surface area contributed by atoms with E-state index in [1.54, 1.807) is 12.1 Å². The maximum absolute atomic E-state index is 11.1. The van der Waals surface area contributed by atoms with Crippen molar-refractivity contribution in [1.82, 2.24) is 0 Å². The van der Waals surface area contributed by atoms with Crippen LogP contribution in [0.3, 0.4) is 0 Å². The summed E-state index contributed by atoms with van der Waals surface area (Å²) in [6.07, 6.45) is 0. The number of rotatable bonds is 4. The normalized spacial score (nSPS) is 10.1. The summed E-state index contributed by atoms with van der Waals surface area (Å²) in [5, 5.41) is 22.8. The molecule has 0 fully saturated rings. The number of hydrogen-bond acceptors (Lipinski definition) is 4. The monoisotopic (exact) mass is 272 g/mol. The molecular weight excluding hydrogens is 260 g/mol. The quantitative estimate of drug-likeness (QED) is 0.657. The maximum atomic E-state index is 11.1. The third kappa shape index (κ3) is 2.92. The number of nitrogens with one attached hydrogen (secondary N) is 1. The van der Waals surface area contributed by atoms with E-state index in [-0.39, 0.29) is 16.9 Å². The van der Waals surface area contributed by atoms with E-state index in [0.29, 0.717) is 5.69 Å². The second kappa shape index (κ2) is 5.40. The van der Waals surface area contributed by atoms with Crippen molar-refractivity contribution in [1.29, 1.82) is 0 Å². The van der Waals surface area contributed by atoms with E-state index in [1.807, 2.05) is 19.1 Å². The number of nitro benzene ring substituents is 1. The molecule has 0 spiro atoms. The Labute approximate surface area is 114 Å². The standard InChI is InChI=1S/C14H12N2O4/c1-9-2-4-10(5-3-9)15-13-8-11(16(19)20)6-7-12(13)14(17)18/h2-8,15H,1H3,(H,17,18). The van der Waals surface area contributed by atoms with E-state index in [0.717, 1.165) is 5.56 Å². The molecule has 0 radical (unpaired) electrons. The van der Waals surface area contributed by atoms with Crippen molar-refractivity contribution >= 4 is 23.0 Å². The number of nitrogens with zero attached hydrogens (tertiary/aromatic N) is 1. The number of carboxylic acid groups (broad SMARTS) is 1. The zero-order valence-electron chi connectivity index (χ0n) is 10.7. The first-order chi connectivity index (χ1) is 9.47. The molecule has 0 saturated carbocycles. The fourth-order valence-corrected chi connectivity index (χ4v) is 1.73. The fourth-order valence-electron chi connectivity index (χ4n) is 1.73. The van der Waals surface area contributed by atoms with E-state index >= 15 is 0 Å². The molecule has 2 N–H and O–H groups in total. The number of non-ortho nitro benzene ring substituents is 1. The molecule has 0 amide bonds. The number of hydrogen-bond donors (Lipinski definition) is 2. The van der Waals surface area contributed by atoms with Gasteiger partial charge in [0, 0.05) is 17.8 Å². The smallest absolute Gasteiger partial charge is 0.337 e. The zero-order chi connectivity index (χ0) is 14.7. The molecule has 20 heavy (non-hydrogen) atoms. The van der Waals surface area contributed by atoms with E-state index in [4.69, 9.17) is 5.11 Å². The average molecular weight is 272 g/mol. The van der Waals surface area contributed by atoms with Crippen LogP contribution in [0.2, 0.25) is 0 Å². The molecule has 0 saturated heterocycles. The average Bonchev–Trinajstić information content (AvgIpc) is 2.41. The number of carbonyl (C=O) groups is 1. The summed E-state index contributed by atoms with van der Waals surface area (Å²) in [4.78, 5) is 21.3. The summed E-state index contributed by atoms with van der Waals surface area (Å²) in [6.45, 7) is 1.93. The zero-order valence-corrected chi connectivity index (χ0v) is 10.7. The van der Waals surface area contributed by atoms with Crippen LogP contribution in [-0.4, -0.2) is 16.0 Å². The Morgan fingerprint density at radius 1 is 1.20 bits per heavy atom. The first kappa shape index (κ1) is 13.5. The summed E-state index contributed by atoms with van der Waals surface area (Å²) in [5.74, 6) is -1.14. The van der Waals surface area contributed by atoms with Crippen LogP contribution in [0.1, 0.15) is 15.9 Å². The summed E-state index contributed by atoms with van der Waals surface area (Å²) in [6, 6.07) is 10.9. The maximum Gasteiger partial charge on any atom is 0.337 e. The second-order valence-corrected chi connectivity index (χ2v) is 4.28. The van der Waals surface area contributed by atoms with E-state index in [2.05, 4.69) is 5.32 Å². The summed E-state index contributed by atoms with van der Waals surface area (Å²) in [5.41, 5.74) is 1.74. The first-order valence-electron chi connectivity index (χ1n) is 5.83. The predicted molar refractivity (Wildman–Crippen MR) is 74.5 cm³/mol. The highest BCUT2D eigenvalue weighted by Gasteiger charge is 2.15. The van der Waals surface area contributed by atoms with Crippen molar-refractivity contribution in [2.75, 3.05) is 5.32 Å². The SMILES string of the molecule is Cc1ccc(Nc2cc([N+](=O)[O-])ccc2C(=O)O)cc1. The van der Waals surface area contributed by atoms with Gasteiger partial charge in [-0.05, 0) is 25.1 Å². The second-order valence-electron chi connectivity index (χ2n) is 4.28. The lowest BCUT2D eigenvalue weighted by molar-refractivity contribution is -0.384. The number of aryl methyl sites for hydroxylation is 1. The third-order valence-corrected chi connectivity index (χ3v) is 2.77. The minimum Gasteiger partial charge on any atom is -0.478 e. The van der Waals surface area contributed by atoms with Crippen molar-refractivity contribution in [2.24, 2.45) is 0 Å². The van der Waals surface area contributed by atoms with E-state index in [1.165, 1.54) is 18.2 Å². The molecule has 102 valence electrons. The number of nitro groups is 1. The van der Waals surface area contributed by atoms with Gasteiger partial charge in [0.25, 0.3) is 5.69 Å². The minimum atomic E-state index is -1.14. The molecule has 6 nitrogen and oxygen atoms in total. The van der Waals surface area contributed by atoms with Crippen molar-refractivity contribution in [3.05, 3.63) is 63.7 Å². The van der Waals surface area contributed by atoms with Crippen LogP contribution in [0.25, 0.3) is 0 Å². The first-order valence-corrected chi connectivity index (χ1v) is 5.83. The number of aromatic carboxylic acids is 1. The summed E-state index contributed by atoms with van der Waals surface area (Å²) >= 11 is 0. The Bertz CT molecular complexity index is 665. The highest BCUT2D eigenvalue weighted by atomic mass is 16.6. The van der Waals surface area contributed by atoms with Crippen LogP contribution in [0.15, 0.2) is 42.5 Å². The van der Waals surface area contributed by atoms with Gasteiger partial charge in [0.15, 0.2) is 0 Å². The number of carboxylic acids is 1. The Hall–Kier alpha value is -2.89. The van der Waals surface area contributed by atoms with Gasteiger partial charge in [0.2, 0.25) is 0 Å². The van der Waals surface area contributed by atoms with Crippen molar-refractivity contribution in [3.8, 4) is 0 Å². The Morgan fingerprint density at radius 2 is 1.85 bits per heavy atom. The molecular formula is C14H12N2O4. The Kier molecular flexibility index (Phi) is 3.65. The van der Waals surface area contributed by atoms with Crippen LogP contribution < -0.4 is 5.32 Å². The van der Waals surface area contributed by atoms with Crippen LogP contribution >= 0.6 is 0 Å². The highest BCUT2D eigenvalue weighted by Crippen LogP contribution is 2.26. The molecule has 0 unspecified atom stereocenters. The van der Waals surface area contributed by atoms with Gasteiger partial charge < -0.3 is 10.4 Å². The molecule has 2 aromatic rings. The minimum absolute atomic E-state index is 0.0174. The van der Waals surface area contributed by atoms with E-state index < -0.39 is 10.9 Å². The number of benzene rings is 2. The highest BCUT2D eigenvalue weighted by molar-refractivity contribution is 5.95. The number of anilines is 2. The van der Waals surface area contributed by atoms with Crippen molar-refractivity contribution < 1.29 is 14.8 Å². The van der Waals surface area contributed by atoms with Crippen LogP contribution in [0, 0.1) is 17.0 Å². The van der Waals surface area contributed by atoms with Gasteiger partial charge in [-0.15, -0.1) is 0 Å². The van der Waals surface area contributed by atoms with Crippen molar-refractivity contribution in [3.63, 3.8) is 0 Å². The van der Waals surface area contributed by atoms with Gasteiger partial charge in [-0.3, -0.25) is 10.1 Å². The van der Waals surface area contributed by atoms with Crippen LogP contribution in [0.5, 0.6) is 0 Å². The topological polar surface area (TPSA) is 92.5 Å². The van der Waals surface area contributed by atoms with Crippen LogP contribution in [-0.2, 0) is 0 Å². The lowest BCUT2D eigenvalue weighted by Gasteiger charge is -2.09. The fraction of sp³-hybridized carbons (Fsp3) is 0.0714. The van der Waals surface area contributed by atoms with Crippen LogP contribution in [0.4, 0.5) is 17.1 Å². The lowest BCUT2D eigenvalue weighted by atomic mass is 10.1. The van der Waals surface area contributed by atoms with Gasteiger partial charge in [-0.1, -0.05) is 17.7 Å².